The Morgan fingerprint density at radius 1 is 0.955 bits per heavy atom. The highest BCUT2D eigenvalue weighted by Gasteiger charge is 2.12. The van der Waals surface area contributed by atoms with E-state index in [-0.39, 0.29) is 5.91 Å². The molecule has 0 aliphatic carbocycles. The molecule has 0 bridgehead atoms. The lowest BCUT2D eigenvalue weighted by molar-refractivity contribution is 0.0785. The highest BCUT2D eigenvalue weighted by atomic mass is 16.2. The van der Waals surface area contributed by atoms with Crippen LogP contribution in [-0.2, 0) is 6.54 Å². The summed E-state index contributed by atoms with van der Waals surface area (Å²) in [4.78, 5) is 14.3. The van der Waals surface area contributed by atoms with Crippen LogP contribution in [0.2, 0.25) is 0 Å². The van der Waals surface area contributed by atoms with E-state index in [9.17, 15) is 4.79 Å². The van der Waals surface area contributed by atoms with Gasteiger partial charge < -0.3 is 9.47 Å². The quantitative estimate of drug-likeness (QED) is 0.718. The first kappa shape index (κ1) is 14.1. The summed E-state index contributed by atoms with van der Waals surface area (Å²) < 4.78 is 1.99. The molecule has 22 heavy (non-hydrogen) atoms. The van der Waals surface area contributed by atoms with Crippen molar-refractivity contribution in [2.45, 2.75) is 6.54 Å². The Kier molecular flexibility index (Phi) is 4.05. The molecule has 1 heterocycles. The average Bonchev–Trinajstić information content (AvgIpc) is 3.10. The van der Waals surface area contributed by atoms with Crippen molar-refractivity contribution in [3.63, 3.8) is 0 Å². The molecule has 2 aromatic carbocycles. The summed E-state index contributed by atoms with van der Waals surface area (Å²) in [7, 11) is 1.83. The molecule has 0 spiro atoms. The van der Waals surface area contributed by atoms with Gasteiger partial charge in [-0.15, -0.1) is 0 Å². The standard InChI is InChI=1S/C19H18N2O/c1-20(15-16-8-3-2-4-9-16)19(22)17-10-7-11-18(14-17)21-12-5-6-13-21/h2-14H,15H2,1H3. The Bertz CT molecular complexity index is 748. The van der Waals surface area contributed by atoms with Crippen molar-refractivity contribution in [2.24, 2.45) is 0 Å². The fourth-order valence-electron chi connectivity index (χ4n) is 2.46. The van der Waals surface area contributed by atoms with E-state index >= 15 is 0 Å². The second kappa shape index (κ2) is 6.31. The van der Waals surface area contributed by atoms with Crippen molar-refractivity contribution >= 4 is 5.91 Å². The third-order valence-electron chi connectivity index (χ3n) is 3.60. The lowest BCUT2D eigenvalue weighted by atomic mass is 10.1. The zero-order chi connectivity index (χ0) is 15.4. The molecule has 0 atom stereocenters. The average molecular weight is 290 g/mol. The zero-order valence-corrected chi connectivity index (χ0v) is 12.5. The van der Waals surface area contributed by atoms with E-state index in [4.69, 9.17) is 0 Å². The lowest BCUT2D eigenvalue weighted by Crippen LogP contribution is -2.26. The molecule has 0 N–H and O–H groups in total. The van der Waals surface area contributed by atoms with Crippen LogP contribution in [0, 0.1) is 0 Å². The predicted octanol–water partition coefficient (Wildman–Crippen LogP) is 3.75. The SMILES string of the molecule is CN(Cc1ccccc1)C(=O)c1cccc(-n2cccc2)c1. The van der Waals surface area contributed by atoms with Crippen LogP contribution in [0.4, 0.5) is 0 Å². The van der Waals surface area contributed by atoms with Crippen LogP contribution in [0.15, 0.2) is 79.1 Å². The van der Waals surface area contributed by atoms with E-state index in [1.54, 1.807) is 4.90 Å². The Balaban J connectivity index is 1.78. The van der Waals surface area contributed by atoms with Gasteiger partial charge in [0.2, 0.25) is 0 Å². The summed E-state index contributed by atoms with van der Waals surface area (Å²) in [5, 5.41) is 0. The van der Waals surface area contributed by atoms with Crippen LogP contribution in [0.1, 0.15) is 15.9 Å². The fraction of sp³-hybridized carbons (Fsp3) is 0.105. The molecule has 0 fully saturated rings. The van der Waals surface area contributed by atoms with Gasteiger partial charge in [-0.3, -0.25) is 4.79 Å². The molecular formula is C19H18N2O. The van der Waals surface area contributed by atoms with E-state index in [1.165, 1.54) is 0 Å². The largest absolute Gasteiger partial charge is 0.337 e. The van der Waals surface area contributed by atoms with Gasteiger partial charge in [-0.2, -0.15) is 0 Å². The van der Waals surface area contributed by atoms with E-state index in [0.717, 1.165) is 11.3 Å². The number of nitrogens with zero attached hydrogens (tertiary/aromatic N) is 2. The summed E-state index contributed by atoms with van der Waals surface area (Å²) in [6, 6.07) is 21.6. The number of rotatable bonds is 4. The van der Waals surface area contributed by atoms with Crippen molar-refractivity contribution in [1.29, 1.82) is 0 Å². The Hall–Kier alpha value is -2.81. The molecule has 3 heteroatoms. The molecule has 3 aromatic rings. The number of aromatic nitrogens is 1. The van der Waals surface area contributed by atoms with Crippen LogP contribution >= 0.6 is 0 Å². The molecule has 0 saturated carbocycles. The first-order valence-corrected chi connectivity index (χ1v) is 7.27. The van der Waals surface area contributed by atoms with Gasteiger partial charge in [-0.1, -0.05) is 36.4 Å². The Morgan fingerprint density at radius 3 is 2.41 bits per heavy atom. The molecule has 1 aromatic heterocycles. The van der Waals surface area contributed by atoms with Gasteiger partial charge in [0.05, 0.1) is 0 Å². The minimum Gasteiger partial charge on any atom is -0.337 e. The topological polar surface area (TPSA) is 25.2 Å². The van der Waals surface area contributed by atoms with Gasteiger partial charge in [-0.05, 0) is 35.9 Å². The summed E-state index contributed by atoms with van der Waals surface area (Å²) in [6.45, 7) is 0.605. The lowest BCUT2D eigenvalue weighted by Gasteiger charge is -2.18. The third-order valence-corrected chi connectivity index (χ3v) is 3.60. The van der Waals surface area contributed by atoms with Crippen molar-refractivity contribution < 1.29 is 4.79 Å². The van der Waals surface area contributed by atoms with Crippen molar-refractivity contribution in [3.05, 3.63) is 90.3 Å². The molecule has 3 rings (SSSR count). The van der Waals surface area contributed by atoms with Crippen LogP contribution in [0.5, 0.6) is 0 Å². The maximum atomic E-state index is 12.6. The van der Waals surface area contributed by atoms with E-state index in [2.05, 4.69) is 0 Å². The third kappa shape index (κ3) is 3.09. The molecule has 0 aliphatic rings. The van der Waals surface area contributed by atoms with Gasteiger partial charge in [0, 0.05) is 37.2 Å². The summed E-state index contributed by atoms with van der Waals surface area (Å²) in [5.41, 5.74) is 2.81. The van der Waals surface area contributed by atoms with E-state index in [0.29, 0.717) is 12.1 Å². The zero-order valence-electron chi connectivity index (χ0n) is 12.5. The van der Waals surface area contributed by atoms with Gasteiger partial charge in [0.15, 0.2) is 0 Å². The molecule has 0 saturated heterocycles. The highest BCUT2D eigenvalue weighted by molar-refractivity contribution is 5.94. The maximum absolute atomic E-state index is 12.6. The smallest absolute Gasteiger partial charge is 0.253 e. The van der Waals surface area contributed by atoms with Gasteiger partial charge in [-0.25, -0.2) is 0 Å². The Labute approximate surface area is 130 Å². The number of carbonyl (C=O) groups excluding carboxylic acids is 1. The first-order chi connectivity index (χ1) is 10.7. The molecule has 0 unspecified atom stereocenters. The number of carbonyl (C=O) groups is 1. The number of benzene rings is 2. The van der Waals surface area contributed by atoms with Crippen LogP contribution in [0.3, 0.4) is 0 Å². The molecule has 110 valence electrons. The second-order valence-electron chi connectivity index (χ2n) is 5.29. The second-order valence-corrected chi connectivity index (χ2v) is 5.29. The number of amides is 1. The summed E-state index contributed by atoms with van der Waals surface area (Å²) in [5.74, 6) is 0.0258. The molecule has 3 nitrogen and oxygen atoms in total. The van der Waals surface area contributed by atoms with Gasteiger partial charge >= 0.3 is 0 Å². The van der Waals surface area contributed by atoms with Gasteiger partial charge in [0.1, 0.15) is 0 Å². The first-order valence-electron chi connectivity index (χ1n) is 7.27. The minimum atomic E-state index is 0.0258. The molecule has 0 aliphatic heterocycles. The van der Waals surface area contributed by atoms with Crippen molar-refractivity contribution in [1.82, 2.24) is 9.47 Å². The molecule has 0 radical (unpaired) electrons. The van der Waals surface area contributed by atoms with Crippen molar-refractivity contribution in [3.8, 4) is 5.69 Å². The van der Waals surface area contributed by atoms with Gasteiger partial charge in [0.25, 0.3) is 5.91 Å². The summed E-state index contributed by atoms with van der Waals surface area (Å²) in [6.07, 6.45) is 3.94. The van der Waals surface area contributed by atoms with E-state index < -0.39 is 0 Å². The number of hydrogen-bond donors (Lipinski definition) is 0. The van der Waals surface area contributed by atoms with Crippen molar-refractivity contribution in [2.75, 3.05) is 7.05 Å². The summed E-state index contributed by atoms with van der Waals surface area (Å²) >= 11 is 0. The Morgan fingerprint density at radius 2 is 1.68 bits per heavy atom. The monoisotopic (exact) mass is 290 g/mol. The predicted molar refractivity (Wildman–Crippen MR) is 88.0 cm³/mol. The minimum absolute atomic E-state index is 0.0258. The van der Waals surface area contributed by atoms with Crippen LogP contribution in [-0.4, -0.2) is 22.4 Å². The fourth-order valence-corrected chi connectivity index (χ4v) is 2.46. The normalized spacial score (nSPS) is 10.4. The van der Waals surface area contributed by atoms with Crippen LogP contribution < -0.4 is 0 Å². The maximum Gasteiger partial charge on any atom is 0.253 e. The number of hydrogen-bond acceptors (Lipinski definition) is 1. The highest BCUT2D eigenvalue weighted by Crippen LogP contribution is 2.14. The van der Waals surface area contributed by atoms with E-state index in [1.807, 2.05) is 90.7 Å². The molecule has 1 amide bonds. The van der Waals surface area contributed by atoms with Crippen LogP contribution in [0.25, 0.3) is 5.69 Å². The molecular weight excluding hydrogens is 272 g/mol.